The number of carbonyl (C=O) groups is 1. The molecule has 0 radical (unpaired) electrons. The second-order valence-corrected chi connectivity index (χ2v) is 4.43. The zero-order chi connectivity index (χ0) is 12.0. The molecule has 16 heavy (non-hydrogen) atoms. The van der Waals surface area contributed by atoms with Gasteiger partial charge in [-0.15, -0.1) is 11.3 Å². The van der Waals surface area contributed by atoms with E-state index in [1.165, 1.54) is 11.3 Å². The third-order valence-electron chi connectivity index (χ3n) is 2.26. The van der Waals surface area contributed by atoms with Crippen molar-refractivity contribution in [3.05, 3.63) is 17.0 Å². The molecule has 5 heteroatoms. The van der Waals surface area contributed by atoms with Crippen LogP contribution in [0.3, 0.4) is 0 Å². The number of nitriles is 1. The quantitative estimate of drug-likeness (QED) is 0.822. The minimum Gasteiger partial charge on any atom is -0.315 e. The molecule has 1 atom stereocenters. The summed E-state index contributed by atoms with van der Waals surface area (Å²) in [4.78, 5) is 11.5. The maximum Gasteiger partial charge on any atom is 0.238 e. The molecular weight excluding hydrogens is 222 g/mol. The van der Waals surface area contributed by atoms with Gasteiger partial charge in [0, 0.05) is 6.04 Å². The number of hydrogen-bond donors (Lipinski definition) is 2. The van der Waals surface area contributed by atoms with Gasteiger partial charge in [-0.05, 0) is 24.8 Å². The van der Waals surface area contributed by atoms with Crippen molar-refractivity contribution in [2.75, 3.05) is 11.9 Å². The second kappa shape index (κ2) is 6.26. The molecule has 0 saturated carbocycles. The molecule has 2 N–H and O–H groups in total. The molecule has 0 fully saturated rings. The Balaban J connectivity index is 2.43. The van der Waals surface area contributed by atoms with Crippen LogP contribution in [0.5, 0.6) is 0 Å². The van der Waals surface area contributed by atoms with E-state index in [0.717, 1.165) is 6.42 Å². The average molecular weight is 237 g/mol. The highest BCUT2D eigenvalue weighted by atomic mass is 32.1. The molecule has 1 rings (SSSR count). The average Bonchev–Trinajstić information content (AvgIpc) is 2.73. The first-order valence-electron chi connectivity index (χ1n) is 5.18. The molecule has 1 amide bonds. The molecule has 0 aromatic carbocycles. The third kappa shape index (κ3) is 3.65. The van der Waals surface area contributed by atoms with Crippen LogP contribution in [0.25, 0.3) is 0 Å². The smallest absolute Gasteiger partial charge is 0.238 e. The minimum atomic E-state index is -0.112. The van der Waals surface area contributed by atoms with E-state index in [4.69, 9.17) is 5.26 Å². The van der Waals surface area contributed by atoms with E-state index < -0.39 is 0 Å². The van der Waals surface area contributed by atoms with Crippen LogP contribution in [0.2, 0.25) is 0 Å². The van der Waals surface area contributed by atoms with Crippen molar-refractivity contribution in [1.29, 1.82) is 5.26 Å². The van der Waals surface area contributed by atoms with Crippen molar-refractivity contribution in [2.24, 2.45) is 0 Å². The van der Waals surface area contributed by atoms with Crippen molar-refractivity contribution in [3.63, 3.8) is 0 Å². The van der Waals surface area contributed by atoms with Crippen LogP contribution < -0.4 is 10.6 Å². The molecule has 0 bridgehead atoms. The highest BCUT2D eigenvalue weighted by Gasteiger charge is 2.08. The van der Waals surface area contributed by atoms with E-state index in [1.54, 1.807) is 11.4 Å². The first-order valence-corrected chi connectivity index (χ1v) is 6.06. The Bertz CT molecular complexity index is 394. The van der Waals surface area contributed by atoms with E-state index in [2.05, 4.69) is 17.6 Å². The molecular formula is C11H15N3OS. The SMILES string of the molecule is CCC(C)NCC(=O)Nc1sccc1C#N. The van der Waals surface area contributed by atoms with Crippen molar-refractivity contribution in [3.8, 4) is 6.07 Å². The lowest BCUT2D eigenvalue weighted by atomic mass is 10.2. The summed E-state index contributed by atoms with van der Waals surface area (Å²) in [7, 11) is 0. The normalized spacial score (nSPS) is 11.8. The number of carbonyl (C=O) groups excluding carboxylic acids is 1. The Morgan fingerprint density at radius 3 is 3.06 bits per heavy atom. The van der Waals surface area contributed by atoms with Crippen LogP contribution >= 0.6 is 11.3 Å². The first kappa shape index (κ1) is 12.7. The van der Waals surface area contributed by atoms with Gasteiger partial charge in [-0.2, -0.15) is 5.26 Å². The molecule has 4 nitrogen and oxygen atoms in total. The summed E-state index contributed by atoms with van der Waals surface area (Å²) < 4.78 is 0. The molecule has 1 aromatic heterocycles. The zero-order valence-corrected chi connectivity index (χ0v) is 10.2. The predicted molar refractivity (Wildman–Crippen MR) is 65.4 cm³/mol. The van der Waals surface area contributed by atoms with Crippen molar-refractivity contribution >= 4 is 22.2 Å². The summed E-state index contributed by atoms with van der Waals surface area (Å²) in [5.74, 6) is -0.112. The molecule has 86 valence electrons. The number of rotatable bonds is 5. The minimum absolute atomic E-state index is 0.112. The topological polar surface area (TPSA) is 64.9 Å². The van der Waals surface area contributed by atoms with Gasteiger partial charge in [-0.25, -0.2) is 0 Å². The van der Waals surface area contributed by atoms with Gasteiger partial charge in [-0.1, -0.05) is 6.92 Å². The van der Waals surface area contributed by atoms with Gasteiger partial charge in [0.15, 0.2) is 0 Å². The standard InChI is InChI=1S/C11H15N3OS/c1-3-8(2)13-7-10(15)14-11-9(6-12)4-5-16-11/h4-5,8,13H,3,7H2,1-2H3,(H,14,15). The number of nitrogens with zero attached hydrogens (tertiary/aromatic N) is 1. The van der Waals surface area contributed by atoms with Gasteiger partial charge in [0.2, 0.25) is 5.91 Å². The van der Waals surface area contributed by atoms with Crippen molar-refractivity contribution < 1.29 is 4.79 Å². The monoisotopic (exact) mass is 237 g/mol. The number of anilines is 1. The van der Waals surface area contributed by atoms with Crippen LogP contribution in [0, 0.1) is 11.3 Å². The molecule has 0 spiro atoms. The summed E-state index contributed by atoms with van der Waals surface area (Å²) >= 11 is 1.36. The fraction of sp³-hybridized carbons (Fsp3) is 0.455. The van der Waals surface area contributed by atoms with Crippen LogP contribution in [-0.2, 0) is 4.79 Å². The number of amides is 1. The van der Waals surface area contributed by atoms with Crippen LogP contribution in [-0.4, -0.2) is 18.5 Å². The summed E-state index contributed by atoms with van der Waals surface area (Å²) in [6.45, 7) is 4.36. The Labute approximate surface area is 99.3 Å². The van der Waals surface area contributed by atoms with E-state index >= 15 is 0 Å². The first-order chi connectivity index (χ1) is 7.67. The summed E-state index contributed by atoms with van der Waals surface area (Å²) in [6.07, 6.45) is 0.982. The molecule has 1 aromatic rings. The van der Waals surface area contributed by atoms with E-state index in [0.29, 0.717) is 16.6 Å². The Morgan fingerprint density at radius 2 is 2.44 bits per heavy atom. The summed E-state index contributed by atoms with van der Waals surface area (Å²) in [5, 5.41) is 17.0. The van der Waals surface area contributed by atoms with Gasteiger partial charge >= 0.3 is 0 Å². The third-order valence-corrected chi connectivity index (χ3v) is 3.09. The highest BCUT2D eigenvalue weighted by molar-refractivity contribution is 7.14. The molecule has 0 aliphatic carbocycles. The van der Waals surface area contributed by atoms with Crippen LogP contribution in [0.1, 0.15) is 25.8 Å². The second-order valence-electron chi connectivity index (χ2n) is 3.51. The Morgan fingerprint density at radius 1 is 1.69 bits per heavy atom. The van der Waals surface area contributed by atoms with Gasteiger partial charge in [0.25, 0.3) is 0 Å². The largest absolute Gasteiger partial charge is 0.315 e. The summed E-state index contributed by atoms with van der Waals surface area (Å²) in [6, 6.07) is 4.05. The zero-order valence-electron chi connectivity index (χ0n) is 9.41. The molecule has 0 aliphatic heterocycles. The van der Waals surface area contributed by atoms with Gasteiger partial charge in [0.05, 0.1) is 12.1 Å². The fourth-order valence-corrected chi connectivity index (χ4v) is 1.83. The van der Waals surface area contributed by atoms with Gasteiger partial charge in [-0.3, -0.25) is 4.79 Å². The number of thiophene rings is 1. The van der Waals surface area contributed by atoms with Gasteiger partial charge in [0.1, 0.15) is 11.1 Å². The molecule has 1 unspecified atom stereocenters. The van der Waals surface area contributed by atoms with E-state index in [1.807, 2.05) is 13.0 Å². The van der Waals surface area contributed by atoms with Gasteiger partial charge < -0.3 is 10.6 Å². The lowest BCUT2D eigenvalue weighted by Gasteiger charge is -2.10. The van der Waals surface area contributed by atoms with E-state index in [9.17, 15) is 4.79 Å². The number of nitrogens with one attached hydrogen (secondary N) is 2. The van der Waals surface area contributed by atoms with Crippen LogP contribution in [0.15, 0.2) is 11.4 Å². The Kier molecular flexibility index (Phi) is 4.96. The molecule has 1 heterocycles. The van der Waals surface area contributed by atoms with Crippen LogP contribution in [0.4, 0.5) is 5.00 Å². The maximum atomic E-state index is 11.5. The molecule has 0 saturated heterocycles. The maximum absolute atomic E-state index is 11.5. The highest BCUT2D eigenvalue weighted by Crippen LogP contribution is 2.21. The van der Waals surface area contributed by atoms with E-state index in [-0.39, 0.29) is 12.5 Å². The molecule has 0 aliphatic rings. The van der Waals surface area contributed by atoms with Crippen molar-refractivity contribution in [2.45, 2.75) is 26.3 Å². The van der Waals surface area contributed by atoms with Crippen molar-refractivity contribution in [1.82, 2.24) is 5.32 Å². The lowest BCUT2D eigenvalue weighted by molar-refractivity contribution is -0.115. The summed E-state index contributed by atoms with van der Waals surface area (Å²) in [5.41, 5.74) is 0.516. The lowest BCUT2D eigenvalue weighted by Crippen LogP contribution is -2.33. The number of hydrogen-bond acceptors (Lipinski definition) is 4. The predicted octanol–water partition coefficient (Wildman–Crippen LogP) is 1.95. The fourth-order valence-electron chi connectivity index (χ4n) is 1.08. The Hall–Kier alpha value is -1.38.